The first-order valence-corrected chi connectivity index (χ1v) is 4.94. The van der Waals surface area contributed by atoms with E-state index >= 15 is 0 Å². The van der Waals surface area contributed by atoms with E-state index in [-0.39, 0.29) is 11.5 Å². The molecular weight excluding hydrogens is 226 g/mol. The van der Waals surface area contributed by atoms with E-state index in [9.17, 15) is 9.59 Å². The quantitative estimate of drug-likeness (QED) is 0.764. The molecule has 1 atom stereocenters. The Bertz CT molecular complexity index is 453. The minimum absolute atomic E-state index is 0.000697. The zero-order valence-electron chi connectivity index (χ0n) is 10.2. The molecule has 1 heterocycles. The average Bonchev–Trinajstić information content (AvgIpc) is 2.62. The Balaban J connectivity index is 3.22. The second kappa shape index (κ2) is 4.86. The highest BCUT2D eigenvalue weighted by atomic mass is 16.5. The molecule has 7 nitrogen and oxygen atoms in total. The molecule has 0 bridgehead atoms. The van der Waals surface area contributed by atoms with Crippen LogP contribution in [0.4, 0.5) is 5.82 Å². The molecule has 0 fully saturated rings. The summed E-state index contributed by atoms with van der Waals surface area (Å²) < 4.78 is 10.6. The van der Waals surface area contributed by atoms with E-state index in [1.807, 2.05) is 0 Å². The Morgan fingerprint density at radius 1 is 1.35 bits per heavy atom. The van der Waals surface area contributed by atoms with Crippen molar-refractivity contribution in [2.75, 3.05) is 20.0 Å². The maximum Gasteiger partial charge on any atom is 0.360 e. The van der Waals surface area contributed by atoms with Gasteiger partial charge in [-0.1, -0.05) is 0 Å². The number of rotatable bonds is 3. The number of carbonyl (C=O) groups excluding carboxylic acids is 2. The van der Waals surface area contributed by atoms with Gasteiger partial charge in [0.2, 0.25) is 0 Å². The molecule has 0 saturated heterocycles. The van der Waals surface area contributed by atoms with Crippen LogP contribution in [0.2, 0.25) is 0 Å². The summed E-state index contributed by atoms with van der Waals surface area (Å²) in [5, 5.41) is 0. The standard InChI is InChI=1S/C10H15N3O4/c1-5(9(14)16-3)13-6(2)12-7(8(13)11)10(15)17-4/h5H,11H2,1-4H3. The van der Waals surface area contributed by atoms with E-state index in [2.05, 4.69) is 14.5 Å². The van der Waals surface area contributed by atoms with Crippen LogP contribution in [0.1, 0.15) is 29.3 Å². The van der Waals surface area contributed by atoms with Gasteiger partial charge in [0, 0.05) is 0 Å². The van der Waals surface area contributed by atoms with Gasteiger partial charge >= 0.3 is 11.9 Å². The van der Waals surface area contributed by atoms with Gasteiger partial charge < -0.3 is 19.8 Å². The number of anilines is 1. The summed E-state index contributed by atoms with van der Waals surface area (Å²) in [6.45, 7) is 3.25. The van der Waals surface area contributed by atoms with E-state index < -0.39 is 18.0 Å². The summed E-state index contributed by atoms with van der Waals surface area (Å²) in [5.41, 5.74) is 5.77. The third-order valence-corrected chi connectivity index (χ3v) is 2.43. The van der Waals surface area contributed by atoms with Gasteiger partial charge in [0.25, 0.3) is 0 Å². The van der Waals surface area contributed by atoms with Crippen molar-refractivity contribution >= 4 is 17.8 Å². The number of aromatic nitrogens is 2. The minimum Gasteiger partial charge on any atom is -0.467 e. The number of hydrogen-bond donors (Lipinski definition) is 1. The number of nitrogens with zero attached hydrogens (tertiary/aromatic N) is 2. The number of ether oxygens (including phenoxy) is 2. The van der Waals surface area contributed by atoms with Gasteiger partial charge in [0.05, 0.1) is 14.2 Å². The van der Waals surface area contributed by atoms with Crippen LogP contribution >= 0.6 is 0 Å². The van der Waals surface area contributed by atoms with Crippen LogP contribution in [0.5, 0.6) is 0 Å². The molecule has 0 saturated carbocycles. The van der Waals surface area contributed by atoms with Crippen LogP contribution in [0.3, 0.4) is 0 Å². The molecule has 0 radical (unpaired) electrons. The molecule has 1 rings (SSSR count). The molecule has 0 amide bonds. The summed E-state index contributed by atoms with van der Waals surface area (Å²) in [6.07, 6.45) is 0. The fourth-order valence-corrected chi connectivity index (χ4v) is 1.57. The first-order chi connectivity index (χ1) is 7.93. The van der Waals surface area contributed by atoms with E-state index in [1.165, 1.54) is 18.8 Å². The van der Waals surface area contributed by atoms with Crippen LogP contribution < -0.4 is 5.73 Å². The van der Waals surface area contributed by atoms with Gasteiger partial charge in [0.15, 0.2) is 5.69 Å². The number of esters is 2. The zero-order valence-corrected chi connectivity index (χ0v) is 10.2. The van der Waals surface area contributed by atoms with Gasteiger partial charge in [-0.2, -0.15) is 0 Å². The second-order valence-electron chi connectivity index (χ2n) is 3.45. The van der Waals surface area contributed by atoms with Crippen LogP contribution in [0, 0.1) is 6.92 Å². The Kier molecular flexibility index (Phi) is 3.72. The van der Waals surface area contributed by atoms with Crippen molar-refractivity contribution in [2.24, 2.45) is 0 Å². The third kappa shape index (κ3) is 2.22. The molecule has 0 aliphatic carbocycles. The molecule has 0 aliphatic rings. The number of aryl methyl sites for hydroxylation is 1. The van der Waals surface area contributed by atoms with Crippen molar-refractivity contribution in [3.05, 3.63) is 11.5 Å². The number of carbonyl (C=O) groups is 2. The number of imidazole rings is 1. The smallest absolute Gasteiger partial charge is 0.360 e. The second-order valence-corrected chi connectivity index (χ2v) is 3.45. The van der Waals surface area contributed by atoms with E-state index in [0.717, 1.165) is 0 Å². The highest BCUT2D eigenvalue weighted by Gasteiger charge is 2.25. The first-order valence-electron chi connectivity index (χ1n) is 4.94. The van der Waals surface area contributed by atoms with Gasteiger partial charge in [-0.3, -0.25) is 0 Å². The van der Waals surface area contributed by atoms with E-state index in [1.54, 1.807) is 13.8 Å². The molecule has 17 heavy (non-hydrogen) atoms. The predicted octanol–water partition coefficient (Wildman–Crippen LogP) is 0.294. The Morgan fingerprint density at radius 3 is 2.41 bits per heavy atom. The van der Waals surface area contributed by atoms with Crippen molar-refractivity contribution in [3.63, 3.8) is 0 Å². The summed E-state index contributed by atoms with van der Waals surface area (Å²) >= 11 is 0. The van der Waals surface area contributed by atoms with Crippen molar-refractivity contribution in [3.8, 4) is 0 Å². The highest BCUT2D eigenvalue weighted by Crippen LogP contribution is 2.21. The maximum atomic E-state index is 11.4. The predicted molar refractivity (Wildman–Crippen MR) is 59.4 cm³/mol. The molecule has 0 aromatic carbocycles. The van der Waals surface area contributed by atoms with Crippen molar-refractivity contribution < 1.29 is 19.1 Å². The summed E-state index contributed by atoms with van der Waals surface area (Å²) in [7, 11) is 2.52. The first kappa shape index (κ1) is 13.0. The van der Waals surface area contributed by atoms with Crippen LogP contribution in [-0.2, 0) is 14.3 Å². The summed E-state index contributed by atoms with van der Waals surface area (Å²) in [5.74, 6) is -0.567. The largest absolute Gasteiger partial charge is 0.467 e. The lowest BCUT2D eigenvalue weighted by atomic mass is 10.3. The van der Waals surface area contributed by atoms with Gasteiger partial charge in [-0.05, 0) is 13.8 Å². The molecule has 1 unspecified atom stereocenters. The number of hydrogen-bond acceptors (Lipinski definition) is 6. The minimum atomic E-state index is -0.647. The lowest BCUT2D eigenvalue weighted by Gasteiger charge is -2.14. The lowest BCUT2D eigenvalue weighted by Crippen LogP contribution is -2.20. The molecule has 0 aliphatic heterocycles. The molecular formula is C10H15N3O4. The maximum absolute atomic E-state index is 11.4. The molecule has 0 spiro atoms. The van der Waals surface area contributed by atoms with E-state index in [0.29, 0.717) is 5.82 Å². The van der Waals surface area contributed by atoms with Crippen LogP contribution in [-0.4, -0.2) is 35.7 Å². The van der Waals surface area contributed by atoms with Crippen LogP contribution in [0.25, 0.3) is 0 Å². The summed E-state index contributed by atoms with van der Waals surface area (Å²) in [4.78, 5) is 26.8. The van der Waals surface area contributed by atoms with Crippen molar-refractivity contribution in [1.29, 1.82) is 0 Å². The monoisotopic (exact) mass is 241 g/mol. The normalized spacial score (nSPS) is 12.0. The SMILES string of the molecule is COC(=O)c1nc(C)n(C(C)C(=O)OC)c1N. The Labute approximate surface area is 98.5 Å². The fourth-order valence-electron chi connectivity index (χ4n) is 1.57. The van der Waals surface area contributed by atoms with Gasteiger partial charge in [-0.25, -0.2) is 14.6 Å². The van der Waals surface area contributed by atoms with Gasteiger partial charge in [0.1, 0.15) is 17.7 Å². The number of nitrogens with two attached hydrogens (primary N) is 1. The number of methoxy groups -OCH3 is 2. The number of nitrogen functional groups attached to an aromatic ring is 1. The van der Waals surface area contributed by atoms with Crippen molar-refractivity contribution in [1.82, 2.24) is 9.55 Å². The van der Waals surface area contributed by atoms with E-state index in [4.69, 9.17) is 5.73 Å². The van der Waals surface area contributed by atoms with Crippen molar-refractivity contribution in [2.45, 2.75) is 19.9 Å². The fraction of sp³-hybridized carbons (Fsp3) is 0.500. The van der Waals surface area contributed by atoms with Crippen LogP contribution in [0.15, 0.2) is 0 Å². The topological polar surface area (TPSA) is 96.4 Å². The third-order valence-electron chi connectivity index (χ3n) is 2.43. The Morgan fingerprint density at radius 2 is 1.94 bits per heavy atom. The average molecular weight is 241 g/mol. The molecule has 94 valence electrons. The molecule has 1 aromatic heterocycles. The Hall–Kier alpha value is -2.05. The lowest BCUT2D eigenvalue weighted by molar-refractivity contribution is -0.144. The molecule has 1 aromatic rings. The molecule has 7 heteroatoms. The highest BCUT2D eigenvalue weighted by molar-refractivity contribution is 5.92. The molecule has 2 N–H and O–H groups in total. The zero-order chi connectivity index (χ0) is 13.2. The summed E-state index contributed by atoms with van der Waals surface area (Å²) in [6, 6.07) is -0.647. The van der Waals surface area contributed by atoms with Gasteiger partial charge in [-0.15, -0.1) is 0 Å².